The molecule has 1 heterocycles. The van der Waals surface area contributed by atoms with Crippen LogP contribution in [0.2, 0.25) is 0 Å². The van der Waals surface area contributed by atoms with E-state index >= 15 is 0 Å². The van der Waals surface area contributed by atoms with Gasteiger partial charge in [-0.3, -0.25) is 4.79 Å². The number of carbonyl (C=O) groups is 1. The van der Waals surface area contributed by atoms with Crippen molar-refractivity contribution in [3.8, 4) is 11.5 Å². The van der Waals surface area contributed by atoms with Gasteiger partial charge in [-0.05, 0) is 61.2 Å². The van der Waals surface area contributed by atoms with E-state index in [2.05, 4.69) is 5.32 Å². The first-order valence-electron chi connectivity index (χ1n) is 10.5. The minimum absolute atomic E-state index is 0.114. The first kappa shape index (κ1) is 23.1. The molecule has 1 fully saturated rings. The predicted octanol–water partition coefficient (Wildman–Crippen LogP) is 3.37. The third-order valence-corrected chi connectivity index (χ3v) is 7.57. The smallest absolute Gasteiger partial charge is 0.243 e. The molecule has 3 rings (SSSR count). The van der Waals surface area contributed by atoms with Crippen LogP contribution in [0.15, 0.2) is 53.4 Å². The normalized spacial score (nSPS) is 18.2. The van der Waals surface area contributed by atoms with Crippen molar-refractivity contribution < 1.29 is 22.7 Å². The molecule has 2 aromatic rings. The highest BCUT2D eigenvalue weighted by molar-refractivity contribution is 7.89. The fourth-order valence-corrected chi connectivity index (χ4v) is 5.34. The molecule has 7 nitrogen and oxygen atoms in total. The lowest BCUT2D eigenvalue weighted by atomic mass is 9.97. The van der Waals surface area contributed by atoms with Gasteiger partial charge in [-0.1, -0.05) is 19.1 Å². The van der Waals surface area contributed by atoms with Crippen molar-refractivity contribution in [3.63, 3.8) is 0 Å². The van der Waals surface area contributed by atoms with Crippen molar-refractivity contribution in [1.82, 2.24) is 9.62 Å². The number of hydrogen-bond acceptors (Lipinski definition) is 5. The number of benzene rings is 2. The third-order valence-electron chi connectivity index (χ3n) is 5.70. The Labute approximate surface area is 184 Å². The second-order valence-corrected chi connectivity index (χ2v) is 9.56. The highest BCUT2D eigenvalue weighted by Crippen LogP contribution is 2.27. The molecule has 1 aliphatic heterocycles. The molecular formula is C23H30N2O5S. The molecule has 0 saturated carbocycles. The summed E-state index contributed by atoms with van der Waals surface area (Å²) in [6, 6.07) is 13.8. The van der Waals surface area contributed by atoms with E-state index in [4.69, 9.17) is 9.47 Å². The standard InChI is InChI=1S/C23H30N2O5S/c1-4-22(17-7-9-19(29-2)10-8-17)24-23(26)18-6-5-15-25(16-18)31(27,28)21-13-11-20(30-3)12-14-21/h7-14,18,22H,4-6,15-16H2,1-3H3,(H,24,26). The number of rotatable bonds is 8. The van der Waals surface area contributed by atoms with Crippen LogP contribution in [0.5, 0.6) is 11.5 Å². The maximum atomic E-state index is 13.1. The first-order chi connectivity index (χ1) is 14.9. The second-order valence-electron chi connectivity index (χ2n) is 7.62. The quantitative estimate of drug-likeness (QED) is 0.672. The number of carbonyl (C=O) groups excluding carboxylic acids is 1. The van der Waals surface area contributed by atoms with Crippen LogP contribution >= 0.6 is 0 Å². The van der Waals surface area contributed by atoms with Crippen molar-refractivity contribution in [2.24, 2.45) is 5.92 Å². The Kier molecular flexibility index (Phi) is 7.56. The van der Waals surface area contributed by atoms with Gasteiger partial charge in [0.25, 0.3) is 0 Å². The maximum absolute atomic E-state index is 13.1. The Bertz CT molecular complexity index is 974. The van der Waals surface area contributed by atoms with Gasteiger partial charge in [0.2, 0.25) is 15.9 Å². The summed E-state index contributed by atoms with van der Waals surface area (Å²) < 4.78 is 37.8. The Morgan fingerprint density at radius 3 is 2.19 bits per heavy atom. The van der Waals surface area contributed by atoms with Gasteiger partial charge in [0.1, 0.15) is 11.5 Å². The highest BCUT2D eigenvalue weighted by Gasteiger charge is 2.34. The summed E-state index contributed by atoms with van der Waals surface area (Å²) in [5.74, 6) is 0.863. The number of sulfonamides is 1. The van der Waals surface area contributed by atoms with E-state index in [9.17, 15) is 13.2 Å². The molecule has 0 aliphatic carbocycles. The molecule has 2 atom stereocenters. The molecule has 168 valence electrons. The molecule has 2 aromatic carbocycles. The Balaban J connectivity index is 1.68. The van der Waals surface area contributed by atoms with Crippen LogP contribution in [0.1, 0.15) is 37.8 Å². The number of methoxy groups -OCH3 is 2. The molecule has 1 saturated heterocycles. The molecule has 1 N–H and O–H groups in total. The van der Waals surface area contributed by atoms with Crippen LogP contribution < -0.4 is 14.8 Å². The zero-order valence-corrected chi connectivity index (χ0v) is 19.0. The number of amides is 1. The summed E-state index contributed by atoms with van der Waals surface area (Å²) in [5, 5.41) is 3.10. The van der Waals surface area contributed by atoms with Crippen LogP contribution in [0.3, 0.4) is 0 Å². The zero-order valence-electron chi connectivity index (χ0n) is 18.2. The van der Waals surface area contributed by atoms with Crippen LogP contribution in [0.25, 0.3) is 0 Å². The molecule has 1 aliphatic rings. The lowest BCUT2D eigenvalue weighted by molar-refractivity contribution is -0.126. The third kappa shape index (κ3) is 5.37. The van der Waals surface area contributed by atoms with Crippen molar-refractivity contribution in [3.05, 3.63) is 54.1 Å². The summed E-state index contributed by atoms with van der Waals surface area (Å²) in [6.07, 6.45) is 2.05. The molecule has 1 amide bonds. The van der Waals surface area contributed by atoms with Crippen LogP contribution in [-0.2, 0) is 14.8 Å². The van der Waals surface area contributed by atoms with Crippen molar-refractivity contribution in [2.45, 2.75) is 37.1 Å². The van der Waals surface area contributed by atoms with Crippen molar-refractivity contribution in [1.29, 1.82) is 0 Å². The topological polar surface area (TPSA) is 84.9 Å². The van der Waals surface area contributed by atoms with E-state index in [1.807, 2.05) is 31.2 Å². The van der Waals surface area contributed by atoms with Crippen molar-refractivity contribution in [2.75, 3.05) is 27.3 Å². The molecular weight excluding hydrogens is 416 g/mol. The van der Waals surface area contributed by atoms with Gasteiger partial charge in [-0.15, -0.1) is 0 Å². The van der Waals surface area contributed by atoms with Crippen molar-refractivity contribution >= 4 is 15.9 Å². The van der Waals surface area contributed by atoms with E-state index in [1.54, 1.807) is 19.2 Å². The van der Waals surface area contributed by atoms with Gasteiger partial charge in [0.05, 0.1) is 31.1 Å². The van der Waals surface area contributed by atoms with Crippen LogP contribution in [0.4, 0.5) is 0 Å². The second kappa shape index (κ2) is 10.2. The monoisotopic (exact) mass is 446 g/mol. The summed E-state index contributed by atoms with van der Waals surface area (Å²) in [6.45, 7) is 2.60. The summed E-state index contributed by atoms with van der Waals surface area (Å²) >= 11 is 0. The van der Waals surface area contributed by atoms with E-state index < -0.39 is 10.0 Å². The largest absolute Gasteiger partial charge is 0.497 e. The van der Waals surface area contributed by atoms with Gasteiger partial charge < -0.3 is 14.8 Å². The molecule has 8 heteroatoms. The average Bonchev–Trinajstić information content (AvgIpc) is 2.82. The Morgan fingerprint density at radius 1 is 1.06 bits per heavy atom. The summed E-state index contributed by atoms with van der Waals surface area (Å²) in [7, 11) is -0.515. The Morgan fingerprint density at radius 2 is 1.65 bits per heavy atom. The number of nitrogens with one attached hydrogen (secondary N) is 1. The maximum Gasteiger partial charge on any atom is 0.243 e. The van der Waals surface area contributed by atoms with E-state index in [0.717, 1.165) is 17.7 Å². The van der Waals surface area contributed by atoms with Crippen LogP contribution in [0, 0.1) is 5.92 Å². The molecule has 0 aromatic heterocycles. The number of nitrogens with zero attached hydrogens (tertiary/aromatic N) is 1. The SMILES string of the molecule is CCC(NC(=O)C1CCCN(S(=O)(=O)c2ccc(OC)cc2)C1)c1ccc(OC)cc1. The van der Waals surface area contributed by atoms with Gasteiger partial charge in [0, 0.05) is 13.1 Å². The lowest BCUT2D eigenvalue weighted by Gasteiger charge is -2.32. The first-order valence-corrected chi connectivity index (χ1v) is 11.9. The molecule has 2 unspecified atom stereocenters. The fourth-order valence-electron chi connectivity index (χ4n) is 3.82. The minimum Gasteiger partial charge on any atom is -0.497 e. The van der Waals surface area contributed by atoms with Gasteiger partial charge in [-0.2, -0.15) is 4.31 Å². The van der Waals surface area contributed by atoms with E-state index in [1.165, 1.54) is 23.5 Å². The number of ether oxygens (including phenoxy) is 2. The zero-order chi connectivity index (χ0) is 22.4. The number of hydrogen-bond donors (Lipinski definition) is 1. The fraction of sp³-hybridized carbons (Fsp3) is 0.435. The van der Waals surface area contributed by atoms with Crippen LogP contribution in [-0.4, -0.2) is 45.9 Å². The lowest BCUT2D eigenvalue weighted by Crippen LogP contribution is -2.46. The summed E-state index contributed by atoms with van der Waals surface area (Å²) in [4.78, 5) is 13.2. The van der Waals surface area contributed by atoms with E-state index in [0.29, 0.717) is 25.1 Å². The van der Waals surface area contributed by atoms with Gasteiger partial charge in [-0.25, -0.2) is 8.42 Å². The summed E-state index contributed by atoms with van der Waals surface area (Å²) in [5.41, 5.74) is 0.996. The highest BCUT2D eigenvalue weighted by atomic mass is 32.2. The Hall–Kier alpha value is -2.58. The molecule has 0 spiro atoms. The van der Waals surface area contributed by atoms with E-state index in [-0.39, 0.29) is 29.3 Å². The number of piperidine rings is 1. The molecule has 31 heavy (non-hydrogen) atoms. The minimum atomic E-state index is -3.66. The van der Waals surface area contributed by atoms with Gasteiger partial charge >= 0.3 is 0 Å². The molecule has 0 radical (unpaired) electrons. The average molecular weight is 447 g/mol. The predicted molar refractivity (Wildman–Crippen MR) is 119 cm³/mol. The van der Waals surface area contributed by atoms with Gasteiger partial charge in [0.15, 0.2) is 0 Å². The molecule has 0 bridgehead atoms.